The van der Waals surface area contributed by atoms with Crippen molar-refractivity contribution >= 4 is 41.9 Å². The summed E-state index contributed by atoms with van der Waals surface area (Å²) >= 11 is 6.32. The standard InChI is InChI=1S/C38H48ClN3O7SSi/c1-38(2,3)51(4,5)49-35(30-10-9-11-31(39)24-30)26-42(37(44)45)22-20-27-14-16-28(17-15-27)29-18-19-33(36(43)41-50(46,47)23-21-40)34(25-29)48-32-12-7-6-8-13-32/h9-11,14-19,24-25,32,35H,6-8,12-13,20,22-23,26H2,1-5H3,(H,41,43)(H,44,45)/t35-/m1/s1. The second-order valence-electron chi connectivity index (χ2n) is 14.5. The maximum absolute atomic E-state index is 13.0. The molecule has 274 valence electrons. The van der Waals surface area contributed by atoms with E-state index in [4.69, 9.17) is 26.0 Å². The fourth-order valence-electron chi connectivity index (χ4n) is 5.71. The number of ether oxygens (including phenoxy) is 1. The number of hydrogen-bond acceptors (Lipinski definition) is 7. The van der Waals surface area contributed by atoms with Gasteiger partial charge >= 0.3 is 6.09 Å². The van der Waals surface area contributed by atoms with E-state index in [1.165, 1.54) is 11.0 Å². The molecular weight excluding hydrogens is 706 g/mol. The summed E-state index contributed by atoms with van der Waals surface area (Å²) in [5, 5.41) is 19.5. The number of carbonyl (C=O) groups excluding carboxylic acids is 1. The smallest absolute Gasteiger partial charge is 0.407 e. The molecule has 0 heterocycles. The molecule has 1 aliphatic carbocycles. The van der Waals surface area contributed by atoms with E-state index < -0.39 is 42.2 Å². The number of nitrogens with zero attached hydrogens (tertiary/aromatic N) is 2. The highest BCUT2D eigenvalue weighted by molar-refractivity contribution is 7.90. The lowest BCUT2D eigenvalue weighted by molar-refractivity contribution is 0.0969. The Morgan fingerprint density at radius 3 is 2.31 bits per heavy atom. The molecule has 2 N–H and O–H groups in total. The number of carboxylic acid groups (broad SMARTS) is 1. The van der Waals surface area contributed by atoms with Gasteiger partial charge in [-0.25, -0.2) is 17.9 Å². The van der Waals surface area contributed by atoms with Gasteiger partial charge in [-0.1, -0.05) is 81.3 Å². The number of halogens is 1. The highest BCUT2D eigenvalue weighted by Crippen LogP contribution is 2.40. The molecule has 0 aromatic heterocycles. The van der Waals surface area contributed by atoms with E-state index in [-0.39, 0.29) is 35.5 Å². The Kier molecular flexibility index (Phi) is 13.4. The van der Waals surface area contributed by atoms with Gasteiger partial charge in [-0.05, 0) is 96.8 Å². The molecule has 0 radical (unpaired) electrons. The first kappa shape index (κ1) is 39.9. The van der Waals surface area contributed by atoms with E-state index in [0.717, 1.165) is 54.4 Å². The SMILES string of the molecule is CC(C)(C)[Si](C)(C)O[C@H](CN(CCc1ccc(-c2ccc(C(=O)NS(=O)(=O)CC#N)c(OC3CCCCC3)c2)cc1)C(=O)O)c1cccc(Cl)c1. The summed E-state index contributed by atoms with van der Waals surface area (Å²) in [4.78, 5) is 26.9. The van der Waals surface area contributed by atoms with Crippen LogP contribution in [-0.4, -0.2) is 63.7 Å². The van der Waals surface area contributed by atoms with Gasteiger partial charge in [0, 0.05) is 11.6 Å². The average molecular weight is 754 g/mol. The quantitative estimate of drug-likeness (QED) is 0.156. The first-order valence-corrected chi connectivity index (χ1v) is 22.1. The van der Waals surface area contributed by atoms with Crippen LogP contribution in [-0.2, 0) is 20.9 Å². The van der Waals surface area contributed by atoms with Crippen LogP contribution in [0.3, 0.4) is 0 Å². The molecule has 13 heteroatoms. The number of sulfonamides is 1. The Balaban J connectivity index is 1.52. The lowest BCUT2D eigenvalue weighted by Gasteiger charge is -2.40. The normalized spacial score (nSPS) is 14.7. The van der Waals surface area contributed by atoms with Crippen molar-refractivity contribution in [2.45, 2.75) is 89.6 Å². The number of nitrogens with one attached hydrogen (secondary N) is 1. The fraction of sp³-hybridized carbons (Fsp3) is 0.447. The van der Waals surface area contributed by atoms with Crippen molar-refractivity contribution in [1.29, 1.82) is 5.26 Å². The van der Waals surface area contributed by atoms with Crippen LogP contribution in [0.2, 0.25) is 23.2 Å². The van der Waals surface area contributed by atoms with Crippen molar-refractivity contribution in [3.05, 3.63) is 88.4 Å². The van der Waals surface area contributed by atoms with Crippen LogP contribution in [0.1, 0.15) is 80.5 Å². The highest BCUT2D eigenvalue weighted by Gasteiger charge is 2.40. The van der Waals surface area contributed by atoms with Gasteiger partial charge in [0.15, 0.2) is 14.1 Å². The van der Waals surface area contributed by atoms with Gasteiger partial charge in [0.1, 0.15) is 5.75 Å². The van der Waals surface area contributed by atoms with Crippen molar-refractivity contribution in [2.24, 2.45) is 0 Å². The maximum atomic E-state index is 13.0. The van der Waals surface area contributed by atoms with Crippen LogP contribution in [0.5, 0.6) is 5.75 Å². The Labute approximate surface area is 307 Å². The van der Waals surface area contributed by atoms with E-state index in [1.807, 2.05) is 47.2 Å². The summed E-state index contributed by atoms with van der Waals surface area (Å²) in [5.74, 6) is -1.41. The molecule has 1 atom stereocenters. The number of hydrogen-bond donors (Lipinski definition) is 2. The molecule has 10 nitrogen and oxygen atoms in total. The minimum Gasteiger partial charge on any atom is -0.490 e. The summed E-state index contributed by atoms with van der Waals surface area (Å²) in [6.45, 7) is 11.1. The van der Waals surface area contributed by atoms with Crippen LogP contribution < -0.4 is 9.46 Å². The van der Waals surface area contributed by atoms with E-state index in [1.54, 1.807) is 24.3 Å². The second-order valence-corrected chi connectivity index (χ2v) is 21.4. The summed E-state index contributed by atoms with van der Waals surface area (Å²) in [5.41, 5.74) is 3.46. The molecule has 1 fully saturated rings. The largest absolute Gasteiger partial charge is 0.490 e. The molecule has 1 saturated carbocycles. The minimum absolute atomic E-state index is 0.0739. The topological polar surface area (TPSA) is 146 Å². The number of benzene rings is 3. The van der Waals surface area contributed by atoms with Crippen LogP contribution in [0.4, 0.5) is 4.79 Å². The van der Waals surface area contributed by atoms with Gasteiger partial charge in [-0.2, -0.15) is 5.26 Å². The third-order valence-electron chi connectivity index (χ3n) is 9.65. The third-order valence-corrected chi connectivity index (χ3v) is 15.4. The summed E-state index contributed by atoms with van der Waals surface area (Å²) in [7, 11) is -6.39. The van der Waals surface area contributed by atoms with Gasteiger partial charge in [-0.3, -0.25) is 4.79 Å². The third kappa shape index (κ3) is 11.3. The van der Waals surface area contributed by atoms with E-state index in [9.17, 15) is 23.1 Å². The molecule has 51 heavy (non-hydrogen) atoms. The van der Waals surface area contributed by atoms with E-state index in [2.05, 4.69) is 33.9 Å². The van der Waals surface area contributed by atoms with Crippen molar-refractivity contribution in [3.8, 4) is 22.9 Å². The Morgan fingerprint density at radius 1 is 1.04 bits per heavy atom. The van der Waals surface area contributed by atoms with Crippen LogP contribution >= 0.6 is 11.6 Å². The predicted octanol–water partition coefficient (Wildman–Crippen LogP) is 8.59. The predicted molar refractivity (Wildman–Crippen MR) is 202 cm³/mol. The lowest BCUT2D eigenvalue weighted by atomic mass is 9.97. The van der Waals surface area contributed by atoms with Crippen molar-refractivity contribution in [1.82, 2.24) is 9.62 Å². The molecule has 3 aromatic carbocycles. The Morgan fingerprint density at radius 2 is 1.71 bits per heavy atom. The van der Waals surface area contributed by atoms with Gasteiger partial charge in [0.25, 0.3) is 5.91 Å². The summed E-state index contributed by atoms with van der Waals surface area (Å²) < 4.78 is 39.3. The number of rotatable bonds is 14. The van der Waals surface area contributed by atoms with Crippen molar-refractivity contribution in [3.63, 3.8) is 0 Å². The molecule has 0 saturated heterocycles. The average Bonchev–Trinajstić information content (AvgIpc) is 3.05. The highest BCUT2D eigenvalue weighted by atomic mass is 35.5. The van der Waals surface area contributed by atoms with Crippen LogP contribution in [0, 0.1) is 11.3 Å². The van der Waals surface area contributed by atoms with E-state index in [0.29, 0.717) is 11.4 Å². The van der Waals surface area contributed by atoms with Gasteiger partial charge in [0.2, 0.25) is 10.0 Å². The molecule has 4 rings (SSSR count). The lowest BCUT2D eigenvalue weighted by Crippen LogP contribution is -2.45. The molecule has 3 aromatic rings. The van der Waals surface area contributed by atoms with Crippen molar-refractivity contribution < 1.29 is 32.3 Å². The Hall–Kier alpha value is -3.89. The molecule has 0 bridgehead atoms. The molecule has 2 amide bonds. The molecular formula is C38H48ClN3O7SSi. The molecule has 1 aliphatic rings. The summed E-state index contributed by atoms with van der Waals surface area (Å²) in [6, 6.07) is 21.7. The van der Waals surface area contributed by atoms with Gasteiger partial charge < -0.3 is 19.2 Å². The Bertz CT molecular complexity index is 1830. The second kappa shape index (κ2) is 17.1. The first-order chi connectivity index (χ1) is 24.0. The minimum atomic E-state index is -4.12. The molecule has 0 spiro atoms. The van der Waals surface area contributed by atoms with Gasteiger partial charge in [-0.15, -0.1) is 0 Å². The zero-order valence-corrected chi connectivity index (χ0v) is 32.5. The first-order valence-electron chi connectivity index (χ1n) is 17.2. The zero-order chi connectivity index (χ0) is 37.4. The summed E-state index contributed by atoms with van der Waals surface area (Å²) in [6.07, 6.45) is 3.66. The van der Waals surface area contributed by atoms with Gasteiger partial charge in [0.05, 0.1) is 30.4 Å². The molecule has 0 aliphatic heterocycles. The maximum Gasteiger partial charge on any atom is 0.407 e. The van der Waals surface area contributed by atoms with Crippen molar-refractivity contribution in [2.75, 3.05) is 18.8 Å². The van der Waals surface area contributed by atoms with Crippen LogP contribution in [0.25, 0.3) is 11.1 Å². The molecule has 0 unspecified atom stereocenters. The monoisotopic (exact) mass is 753 g/mol. The zero-order valence-electron chi connectivity index (χ0n) is 29.9. The van der Waals surface area contributed by atoms with E-state index >= 15 is 0 Å². The number of nitriles is 1. The number of carbonyl (C=O) groups is 2. The number of amides is 2. The fourth-order valence-corrected chi connectivity index (χ4v) is 7.82. The van der Waals surface area contributed by atoms with Crippen LogP contribution in [0.15, 0.2) is 66.7 Å².